The molecule has 0 atom stereocenters. The average molecular weight is 392 g/mol. The first-order valence-electron chi connectivity index (χ1n) is 8.04. The number of methoxy groups -OCH3 is 1. The minimum absolute atomic E-state index is 0.0685. The second kappa shape index (κ2) is 9.13. The Labute approximate surface area is 160 Å². The van der Waals surface area contributed by atoms with Gasteiger partial charge in [-0.05, 0) is 38.1 Å². The topological polar surface area (TPSA) is 121 Å². The molecule has 0 aliphatic heterocycles. The van der Waals surface area contributed by atoms with Crippen molar-refractivity contribution in [1.29, 1.82) is 0 Å². The standard InChI is InChI=1S/C18H20N2O6S/c1-4-25-18(23)14-10(2)26-17(15(14)16(19)22)20-13(21)9-27-12-7-5-11(24-3)6-8-12/h5-8H,4,9H2,1-3H3,(H2,19,22)(H,20,21). The maximum atomic E-state index is 12.2. The van der Waals surface area contributed by atoms with E-state index in [0.717, 1.165) is 4.90 Å². The second-order valence-corrected chi connectivity index (χ2v) is 6.38. The van der Waals surface area contributed by atoms with E-state index in [4.69, 9.17) is 19.6 Å². The van der Waals surface area contributed by atoms with Crippen molar-refractivity contribution in [2.45, 2.75) is 18.7 Å². The number of aryl methyl sites for hydroxylation is 1. The number of nitrogens with one attached hydrogen (secondary N) is 1. The highest BCUT2D eigenvalue weighted by atomic mass is 32.2. The van der Waals surface area contributed by atoms with E-state index in [1.165, 1.54) is 18.7 Å². The van der Waals surface area contributed by atoms with Gasteiger partial charge in [0, 0.05) is 4.90 Å². The fourth-order valence-electron chi connectivity index (χ4n) is 2.30. The number of primary amides is 1. The average Bonchev–Trinajstić information content (AvgIpc) is 2.96. The zero-order chi connectivity index (χ0) is 20.0. The van der Waals surface area contributed by atoms with E-state index in [0.29, 0.717) is 5.75 Å². The van der Waals surface area contributed by atoms with Gasteiger partial charge in [-0.1, -0.05) is 0 Å². The fraction of sp³-hybridized carbons (Fsp3) is 0.278. The van der Waals surface area contributed by atoms with Crippen LogP contribution in [-0.2, 0) is 9.53 Å². The molecule has 1 aromatic heterocycles. The summed E-state index contributed by atoms with van der Waals surface area (Å²) in [5.41, 5.74) is 5.07. The van der Waals surface area contributed by atoms with E-state index in [-0.39, 0.29) is 35.1 Å². The first-order valence-corrected chi connectivity index (χ1v) is 9.02. The van der Waals surface area contributed by atoms with Crippen molar-refractivity contribution in [3.8, 4) is 5.75 Å². The minimum atomic E-state index is -0.895. The maximum Gasteiger partial charge on any atom is 0.342 e. The van der Waals surface area contributed by atoms with E-state index in [1.807, 2.05) is 12.1 Å². The van der Waals surface area contributed by atoms with Gasteiger partial charge in [-0.2, -0.15) is 0 Å². The molecule has 0 bridgehead atoms. The summed E-state index contributed by atoms with van der Waals surface area (Å²) in [7, 11) is 1.57. The van der Waals surface area contributed by atoms with Gasteiger partial charge in [0.2, 0.25) is 11.8 Å². The highest BCUT2D eigenvalue weighted by Gasteiger charge is 2.29. The predicted octanol–water partition coefficient (Wildman–Crippen LogP) is 2.60. The lowest BCUT2D eigenvalue weighted by Gasteiger charge is -2.05. The summed E-state index contributed by atoms with van der Waals surface area (Å²) >= 11 is 1.29. The molecule has 0 aliphatic rings. The third-order valence-electron chi connectivity index (χ3n) is 3.49. The van der Waals surface area contributed by atoms with Crippen LogP contribution in [0.5, 0.6) is 5.75 Å². The highest BCUT2D eigenvalue weighted by molar-refractivity contribution is 8.00. The van der Waals surface area contributed by atoms with Crippen LogP contribution >= 0.6 is 11.8 Å². The lowest BCUT2D eigenvalue weighted by Crippen LogP contribution is -2.21. The molecule has 9 heteroatoms. The van der Waals surface area contributed by atoms with Crippen molar-refractivity contribution in [3.05, 3.63) is 41.2 Å². The van der Waals surface area contributed by atoms with Crippen molar-refractivity contribution >= 4 is 35.4 Å². The first-order chi connectivity index (χ1) is 12.9. The molecule has 144 valence electrons. The molecule has 2 rings (SSSR count). The van der Waals surface area contributed by atoms with E-state index < -0.39 is 17.8 Å². The molecule has 0 fully saturated rings. The van der Waals surface area contributed by atoms with Crippen LogP contribution in [0.2, 0.25) is 0 Å². The largest absolute Gasteiger partial charge is 0.497 e. The third-order valence-corrected chi connectivity index (χ3v) is 4.50. The quantitative estimate of drug-likeness (QED) is 0.523. The van der Waals surface area contributed by atoms with Crippen LogP contribution in [0.25, 0.3) is 0 Å². The van der Waals surface area contributed by atoms with Gasteiger partial charge in [-0.15, -0.1) is 11.8 Å². The number of anilines is 1. The van der Waals surface area contributed by atoms with Gasteiger partial charge in [0.25, 0.3) is 5.91 Å². The summed E-state index contributed by atoms with van der Waals surface area (Å²) in [4.78, 5) is 36.9. The van der Waals surface area contributed by atoms with Crippen LogP contribution in [0.1, 0.15) is 33.4 Å². The second-order valence-electron chi connectivity index (χ2n) is 5.33. The number of carbonyl (C=O) groups excluding carboxylic acids is 3. The van der Waals surface area contributed by atoms with Crippen molar-refractivity contribution < 1.29 is 28.3 Å². The molecule has 27 heavy (non-hydrogen) atoms. The SMILES string of the molecule is CCOC(=O)c1c(C)oc(NC(=O)CSc2ccc(OC)cc2)c1C(N)=O. The fourth-order valence-corrected chi connectivity index (χ4v) is 3.00. The summed E-state index contributed by atoms with van der Waals surface area (Å²) < 4.78 is 15.4. The number of esters is 1. The van der Waals surface area contributed by atoms with E-state index >= 15 is 0 Å². The zero-order valence-electron chi connectivity index (χ0n) is 15.2. The molecule has 1 heterocycles. The van der Waals surface area contributed by atoms with Crippen LogP contribution in [-0.4, -0.2) is 37.3 Å². The van der Waals surface area contributed by atoms with Gasteiger partial charge in [-0.3, -0.25) is 14.9 Å². The maximum absolute atomic E-state index is 12.2. The van der Waals surface area contributed by atoms with Crippen molar-refractivity contribution in [1.82, 2.24) is 0 Å². The molecule has 0 saturated heterocycles. The lowest BCUT2D eigenvalue weighted by molar-refractivity contribution is -0.113. The number of ether oxygens (including phenoxy) is 2. The summed E-state index contributed by atoms with van der Waals surface area (Å²) in [6.45, 7) is 3.25. The van der Waals surface area contributed by atoms with Crippen LogP contribution in [0.15, 0.2) is 33.6 Å². The molecule has 1 aromatic carbocycles. The van der Waals surface area contributed by atoms with Gasteiger partial charge in [-0.25, -0.2) is 4.79 Å². The molecule has 2 amide bonds. The molecule has 2 aromatic rings. The zero-order valence-corrected chi connectivity index (χ0v) is 16.0. The Kier molecular flexibility index (Phi) is 6.89. The summed E-state index contributed by atoms with van der Waals surface area (Å²) in [6, 6.07) is 7.21. The molecule has 0 aliphatic carbocycles. The van der Waals surface area contributed by atoms with Crippen LogP contribution in [0.3, 0.4) is 0 Å². The predicted molar refractivity (Wildman–Crippen MR) is 100 cm³/mol. The van der Waals surface area contributed by atoms with Gasteiger partial charge in [0.1, 0.15) is 22.6 Å². The minimum Gasteiger partial charge on any atom is -0.497 e. The van der Waals surface area contributed by atoms with Gasteiger partial charge in [0.05, 0.1) is 19.5 Å². The van der Waals surface area contributed by atoms with Crippen molar-refractivity contribution in [2.24, 2.45) is 5.73 Å². The molecule has 3 N–H and O–H groups in total. The number of thioether (sulfide) groups is 1. The molecule has 0 saturated carbocycles. The lowest BCUT2D eigenvalue weighted by atomic mass is 10.1. The van der Waals surface area contributed by atoms with E-state index in [2.05, 4.69) is 5.32 Å². The van der Waals surface area contributed by atoms with Crippen molar-refractivity contribution in [3.63, 3.8) is 0 Å². The smallest absolute Gasteiger partial charge is 0.342 e. The summed E-state index contributed by atoms with van der Waals surface area (Å²) in [5, 5.41) is 2.48. The van der Waals surface area contributed by atoms with Crippen molar-refractivity contribution in [2.75, 3.05) is 24.8 Å². The Balaban J connectivity index is 2.11. The number of benzene rings is 1. The van der Waals surface area contributed by atoms with E-state index in [9.17, 15) is 14.4 Å². The van der Waals surface area contributed by atoms with Crippen LogP contribution in [0, 0.1) is 6.92 Å². The van der Waals surface area contributed by atoms with Gasteiger partial charge < -0.3 is 19.6 Å². The Morgan fingerprint density at radius 1 is 1.19 bits per heavy atom. The van der Waals surface area contributed by atoms with E-state index in [1.54, 1.807) is 26.2 Å². The van der Waals surface area contributed by atoms with Gasteiger partial charge in [0.15, 0.2) is 0 Å². The number of hydrogen-bond donors (Lipinski definition) is 2. The molecular formula is C18H20N2O6S. The molecule has 0 unspecified atom stereocenters. The Hall–Kier alpha value is -2.94. The van der Waals surface area contributed by atoms with Crippen LogP contribution in [0.4, 0.5) is 5.88 Å². The summed E-state index contributed by atoms with van der Waals surface area (Å²) in [5.74, 6) is -1.29. The van der Waals surface area contributed by atoms with Gasteiger partial charge >= 0.3 is 5.97 Å². The highest BCUT2D eigenvalue weighted by Crippen LogP contribution is 2.28. The molecule has 0 radical (unpaired) electrons. The Morgan fingerprint density at radius 3 is 2.41 bits per heavy atom. The molecule has 0 spiro atoms. The number of hydrogen-bond acceptors (Lipinski definition) is 7. The Morgan fingerprint density at radius 2 is 1.85 bits per heavy atom. The molecule has 8 nitrogen and oxygen atoms in total. The number of rotatable bonds is 8. The number of amides is 2. The summed E-state index contributed by atoms with van der Waals surface area (Å²) in [6.07, 6.45) is 0. The monoisotopic (exact) mass is 392 g/mol. The number of carbonyl (C=O) groups is 3. The van der Waals surface area contributed by atoms with Crippen LogP contribution < -0.4 is 15.8 Å². The Bertz CT molecular complexity index is 844. The molecular weight excluding hydrogens is 372 g/mol. The number of furan rings is 1. The first kappa shape index (κ1) is 20.4. The normalized spacial score (nSPS) is 10.3. The number of nitrogens with two attached hydrogens (primary N) is 1. The third kappa shape index (κ3) is 5.04.